The molecule has 0 fully saturated rings. The fourth-order valence-electron chi connectivity index (χ4n) is 2.78. The first-order chi connectivity index (χ1) is 14.1. The molecule has 0 amide bonds. The van der Waals surface area contributed by atoms with Gasteiger partial charge in [-0.25, -0.2) is 9.38 Å². The molecule has 2 N–H and O–H groups in total. The van der Waals surface area contributed by atoms with E-state index in [1.807, 2.05) is 32.0 Å². The zero-order chi connectivity index (χ0) is 20.9. The van der Waals surface area contributed by atoms with Gasteiger partial charge in [-0.05, 0) is 49.1 Å². The second-order valence-corrected chi connectivity index (χ2v) is 6.70. The van der Waals surface area contributed by atoms with Crippen molar-refractivity contribution in [3.05, 3.63) is 70.5 Å². The van der Waals surface area contributed by atoms with Crippen molar-refractivity contribution < 1.29 is 13.9 Å². The molecule has 7 heteroatoms. The summed E-state index contributed by atoms with van der Waals surface area (Å²) in [5.74, 6) is 0.545. The lowest BCUT2D eigenvalue weighted by Crippen LogP contribution is -2.36. The number of aryl methyl sites for hydroxylation is 1. The Morgan fingerprint density at radius 3 is 2.47 bits per heavy atom. The molecule has 0 heterocycles. The second kappa shape index (κ2) is 15.1. The Bertz CT molecular complexity index is 787. The highest BCUT2D eigenvalue weighted by Gasteiger charge is 2.02. The summed E-state index contributed by atoms with van der Waals surface area (Å²) in [5.41, 5.74) is 3.90. The normalized spacial score (nSPS) is 11.1. The minimum atomic E-state index is -0.184. The fraction of sp³-hybridized carbons (Fsp3) is 0.435. The third-order valence-corrected chi connectivity index (χ3v) is 4.28. The summed E-state index contributed by atoms with van der Waals surface area (Å²) in [4.78, 5) is 4.66. The predicted molar refractivity (Wildman–Crippen MR) is 131 cm³/mol. The summed E-state index contributed by atoms with van der Waals surface area (Å²) in [6, 6.07) is 13.4. The molecule has 2 rings (SSSR count). The van der Waals surface area contributed by atoms with E-state index in [-0.39, 0.29) is 29.8 Å². The highest BCUT2D eigenvalue weighted by Crippen LogP contribution is 2.10. The van der Waals surface area contributed by atoms with Gasteiger partial charge in [0.15, 0.2) is 5.96 Å². The molecule has 30 heavy (non-hydrogen) atoms. The van der Waals surface area contributed by atoms with Crippen LogP contribution in [0.2, 0.25) is 0 Å². The highest BCUT2D eigenvalue weighted by molar-refractivity contribution is 14.0. The van der Waals surface area contributed by atoms with Crippen molar-refractivity contribution in [1.29, 1.82) is 0 Å². The van der Waals surface area contributed by atoms with E-state index in [1.54, 1.807) is 13.0 Å². The van der Waals surface area contributed by atoms with E-state index < -0.39 is 0 Å². The topological polar surface area (TPSA) is 54.9 Å². The molecule has 0 unspecified atom stereocenters. The van der Waals surface area contributed by atoms with Crippen LogP contribution in [0.5, 0.6) is 0 Å². The molecule has 0 radical (unpaired) electrons. The van der Waals surface area contributed by atoms with E-state index in [2.05, 4.69) is 27.8 Å². The van der Waals surface area contributed by atoms with Gasteiger partial charge in [-0.1, -0.05) is 36.4 Å². The van der Waals surface area contributed by atoms with Crippen LogP contribution in [0.1, 0.15) is 36.1 Å². The van der Waals surface area contributed by atoms with Gasteiger partial charge in [-0.3, -0.25) is 0 Å². The molecular formula is C23H33FIN3O2. The maximum atomic E-state index is 13.4. The molecule has 0 bridgehead atoms. The quantitative estimate of drug-likeness (QED) is 0.194. The molecule has 0 aromatic heterocycles. The lowest BCUT2D eigenvalue weighted by molar-refractivity contribution is 0.0453. The summed E-state index contributed by atoms with van der Waals surface area (Å²) in [6.45, 7) is 10.2. The van der Waals surface area contributed by atoms with E-state index in [4.69, 9.17) is 9.47 Å². The first kappa shape index (κ1) is 26.3. The summed E-state index contributed by atoms with van der Waals surface area (Å²) in [5, 5.41) is 6.54. The first-order valence-corrected chi connectivity index (χ1v) is 10.1. The molecule has 166 valence electrons. The number of nitrogens with one attached hydrogen (secondary N) is 2. The minimum Gasteiger partial charge on any atom is -0.379 e. The largest absolute Gasteiger partial charge is 0.379 e. The Morgan fingerprint density at radius 1 is 0.967 bits per heavy atom. The van der Waals surface area contributed by atoms with Gasteiger partial charge < -0.3 is 20.1 Å². The van der Waals surface area contributed by atoms with Crippen LogP contribution in [0.4, 0.5) is 4.39 Å². The summed E-state index contributed by atoms with van der Waals surface area (Å²) < 4.78 is 24.3. The molecule has 5 nitrogen and oxygen atoms in total. The molecule has 0 atom stereocenters. The van der Waals surface area contributed by atoms with Crippen molar-refractivity contribution in [2.24, 2.45) is 4.99 Å². The maximum Gasteiger partial charge on any atom is 0.191 e. The van der Waals surface area contributed by atoms with E-state index in [0.717, 1.165) is 29.2 Å². The zero-order valence-corrected chi connectivity index (χ0v) is 20.4. The number of ether oxygens (including phenoxy) is 2. The maximum absolute atomic E-state index is 13.4. The zero-order valence-electron chi connectivity index (χ0n) is 18.0. The fourth-order valence-corrected chi connectivity index (χ4v) is 2.78. The van der Waals surface area contributed by atoms with E-state index in [1.165, 1.54) is 6.07 Å². The van der Waals surface area contributed by atoms with Crippen LogP contribution >= 0.6 is 24.0 Å². The smallest absolute Gasteiger partial charge is 0.191 e. The SMILES string of the molecule is CCNC(=NCc1cccc(COCCOCC)c1)NCc1ccc(F)c(C)c1.I. The first-order valence-electron chi connectivity index (χ1n) is 10.1. The number of rotatable bonds is 11. The lowest BCUT2D eigenvalue weighted by atomic mass is 10.1. The Morgan fingerprint density at radius 2 is 1.73 bits per heavy atom. The van der Waals surface area contributed by atoms with Crippen molar-refractivity contribution in [3.8, 4) is 0 Å². The van der Waals surface area contributed by atoms with Gasteiger partial charge in [-0.15, -0.1) is 24.0 Å². The van der Waals surface area contributed by atoms with Crippen LogP contribution in [0.15, 0.2) is 47.5 Å². The molecule has 2 aromatic rings. The van der Waals surface area contributed by atoms with Gasteiger partial charge in [0.1, 0.15) is 5.82 Å². The Labute approximate surface area is 196 Å². The molecular weight excluding hydrogens is 496 g/mol. The number of halogens is 2. The number of nitrogens with zero attached hydrogens (tertiary/aromatic N) is 1. The Hall–Kier alpha value is -1.71. The summed E-state index contributed by atoms with van der Waals surface area (Å²) in [6.07, 6.45) is 0. The minimum absolute atomic E-state index is 0. The van der Waals surface area contributed by atoms with E-state index in [9.17, 15) is 4.39 Å². The summed E-state index contributed by atoms with van der Waals surface area (Å²) >= 11 is 0. The van der Waals surface area contributed by atoms with Crippen molar-refractivity contribution in [2.75, 3.05) is 26.4 Å². The average Bonchev–Trinajstić information content (AvgIpc) is 2.72. The summed E-state index contributed by atoms with van der Waals surface area (Å²) in [7, 11) is 0. The van der Waals surface area contributed by atoms with Crippen LogP contribution in [0.3, 0.4) is 0 Å². The average molecular weight is 529 g/mol. The van der Waals surface area contributed by atoms with Crippen molar-refractivity contribution in [1.82, 2.24) is 10.6 Å². The molecule has 2 aromatic carbocycles. The van der Waals surface area contributed by atoms with Crippen LogP contribution in [-0.2, 0) is 29.2 Å². The van der Waals surface area contributed by atoms with Crippen molar-refractivity contribution >= 4 is 29.9 Å². The number of aliphatic imine (C=N–C) groups is 1. The van der Waals surface area contributed by atoms with Crippen LogP contribution in [-0.4, -0.2) is 32.3 Å². The molecule has 0 aliphatic heterocycles. The van der Waals surface area contributed by atoms with Gasteiger partial charge in [-0.2, -0.15) is 0 Å². The third-order valence-electron chi connectivity index (χ3n) is 4.28. The van der Waals surface area contributed by atoms with Gasteiger partial charge in [0.2, 0.25) is 0 Å². The van der Waals surface area contributed by atoms with E-state index >= 15 is 0 Å². The molecule has 0 saturated heterocycles. The second-order valence-electron chi connectivity index (χ2n) is 6.70. The third kappa shape index (κ3) is 9.86. The lowest BCUT2D eigenvalue weighted by Gasteiger charge is -2.12. The number of hydrogen-bond donors (Lipinski definition) is 2. The monoisotopic (exact) mass is 529 g/mol. The highest BCUT2D eigenvalue weighted by atomic mass is 127. The Kier molecular flexibility index (Phi) is 13.3. The standard InChI is InChI=1S/C23H32FN3O2.HI/c1-4-25-23(27-16-20-9-10-22(24)18(3)13-20)26-15-19-7-6-8-21(14-19)17-29-12-11-28-5-2;/h6-10,13-14H,4-5,11-12,15-17H2,1-3H3,(H2,25,26,27);1H. The Balaban J connectivity index is 0.00000450. The van der Waals surface area contributed by atoms with E-state index in [0.29, 0.717) is 45.1 Å². The van der Waals surface area contributed by atoms with Crippen LogP contribution in [0, 0.1) is 12.7 Å². The van der Waals surface area contributed by atoms with Gasteiger partial charge in [0.25, 0.3) is 0 Å². The molecule has 0 aliphatic carbocycles. The van der Waals surface area contributed by atoms with Crippen molar-refractivity contribution in [3.63, 3.8) is 0 Å². The van der Waals surface area contributed by atoms with Gasteiger partial charge in [0, 0.05) is 19.7 Å². The van der Waals surface area contributed by atoms with Crippen molar-refractivity contribution in [2.45, 2.75) is 40.5 Å². The van der Waals surface area contributed by atoms with Crippen LogP contribution < -0.4 is 10.6 Å². The molecule has 0 aliphatic rings. The van der Waals surface area contributed by atoms with Crippen LogP contribution in [0.25, 0.3) is 0 Å². The van der Waals surface area contributed by atoms with Gasteiger partial charge >= 0.3 is 0 Å². The number of guanidine groups is 1. The number of benzene rings is 2. The van der Waals surface area contributed by atoms with Gasteiger partial charge in [0.05, 0.1) is 26.4 Å². The molecule has 0 spiro atoms. The number of hydrogen-bond acceptors (Lipinski definition) is 3. The predicted octanol–water partition coefficient (Wildman–Crippen LogP) is 4.56. The molecule has 0 saturated carbocycles.